The molecule has 1 amide bonds. The molecule has 0 bridgehead atoms. The van der Waals surface area contributed by atoms with Gasteiger partial charge < -0.3 is 14.4 Å². The van der Waals surface area contributed by atoms with Crippen LogP contribution in [0.25, 0.3) is 0 Å². The summed E-state index contributed by atoms with van der Waals surface area (Å²) in [5.41, 5.74) is -0.211. The van der Waals surface area contributed by atoms with Gasteiger partial charge in [-0.15, -0.1) is 0 Å². The van der Waals surface area contributed by atoms with Crippen LogP contribution in [0.3, 0.4) is 0 Å². The van der Waals surface area contributed by atoms with Crippen molar-refractivity contribution >= 4 is 17.5 Å². The van der Waals surface area contributed by atoms with Crippen molar-refractivity contribution in [2.24, 2.45) is 0 Å². The Morgan fingerprint density at radius 1 is 1.39 bits per heavy atom. The summed E-state index contributed by atoms with van der Waals surface area (Å²) in [6.07, 6.45) is 2.28. The molecule has 1 aromatic rings. The lowest BCUT2D eigenvalue weighted by atomic mass is 9.87. The summed E-state index contributed by atoms with van der Waals surface area (Å²) in [7, 11) is 1.64. The molecule has 0 unspecified atom stereocenters. The van der Waals surface area contributed by atoms with Crippen LogP contribution in [0.4, 0.5) is 8.78 Å². The molecule has 1 aliphatic carbocycles. The van der Waals surface area contributed by atoms with E-state index >= 15 is 0 Å². The van der Waals surface area contributed by atoms with Gasteiger partial charge in [0, 0.05) is 13.7 Å². The van der Waals surface area contributed by atoms with Crippen LogP contribution in [0.2, 0.25) is 5.02 Å². The van der Waals surface area contributed by atoms with Crippen molar-refractivity contribution in [2.45, 2.75) is 37.5 Å². The zero-order valence-electron chi connectivity index (χ0n) is 12.7. The summed E-state index contributed by atoms with van der Waals surface area (Å²) in [5.74, 6) is -2.38. The summed E-state index contributed by atoms with van der Waals surface area (Å²) in [6, 6.07) is 1.98. The predicted molar refractivity (Wildman–Crippen MR) is 80.6 cm³/mol. The van der Waals surface area contributed by atoms with Crippen LogP contribution < -0.4 is 0 Å². The van der Waals surface area contributed by atoms with Gasteiger partial charge in [-0.1, -0.05) is 11.6 Å². The molecule has 7 heteroatoms. The SMILES string of the molecule is CO[C@@H]1CC[C@H]2OCCN(C(=O)c3ccc(F)c(Cl)c3F)[C@@H]2C1. The van der Waals surface area contributed by atoms with E-state index in [9.17, 15) is 13.6 Å². The fraction of sp³-hybridized carbons (Fsp3) is 0.562. The second-order valence-corrected chi connectivity index (χ2v) is 6.25. The van der Waals surface area contributed by atoms with Gasteiger partial charge in [0.2, 0.25) is 0 Å². The topological polar surface area (TPSA) is 38.8 Å². The number of benzene rings is 1. The first kappa shape index (κ1) is 16.6. The molecule has 3 rings (SSSR count). The molecule has 3 atom stereocenters. The van der Waals surface area contributed by atoms with Gasteiger partial charge in [-0.2, -0.15) is 0 Å². The molecule has 1 heterocycles. The van der Waals surface area contributed by atoms with Gasteiger partial charge >= 0.3 is 0 Å². The van der Waals surface area contributed by atoms with Crippen LogP contribution in [0.5, 0.6) is 0 Å². The number of morpholine rings is 1. The lowest BCUT2D eigenvalue weighted by molar-refractivity contribution is -0.101. The van der Waals surface area contributed by atoms with E-state index in [4.69, 9.17) is 21.1 Å². The molecule has 2 aliphatic rings. The summed E-state index contributed by atoms with van der Waals surface area (Å²) < 4.78 is 38.6. The van der Waals surface area contributed by atoms with Crippen molar-refractivity contribution in [2.75, 3.05) is 20.3 Å². The molecule has 126 valence electrons. The Kier molecular flexibility index (Phi) is 4.85. The monoisotopic (exact) mass is 345 g/mol. The maximum atomic E-state index is 14.2. The van der Waals surface area contributed by atoms with Crippen LogP contribution in [-0.2, 0) is 9.47 Å². The number of carbonyl (C=O) groups excluding carboxylic acids is 1. The molecule has 1 aliphatic heterocycles. The highest BCUT2D eigenvalue weighted by molar-refractivity contribution is 6.31. The number of ether oxygens (including phenoxy) is 2. The first-order valence-electron chi connectivity index (χ1n) is 7.61. The average molecular weight is 346 g/mol. The maximum absolute atomic E-state index is 14.2. The van der Waals surface area contributed by atoms with E-state index in [0.717, 1.165) is 25.0 Å². The predicted octanol–water partition coefficient (Wildman–Crippen LogP) is 3.03. The van der Waals surface area contributed by atoms with E-state index in [1.54, 1.807) is 12.0 Å². The van der Waals surface area contributed by atoms with Crippen molar-refractivity contribution in [1.82, 2.24) is 4.90 Å². The molecule has 23 heavy (non-hydrogen) atoms. The molecule has 1 saturated heterocycles. The molecule has 1 aromatic carbocycles. The first-order valence-corrected chi connectivity index (χ1v) is 7.99. The summed E-state index contributed by atoms with van der Waals surface area (Å²) in [6.45, 7) is 0.770. The van der Waals surface area contributed by atoms with E-state index in [2.05, 4.69) is 0 Å². The molecule has 0 aromatic heterocycles. The quantitative estimate of drug-likeness (QED) is 0.773. The van der Waals surface area contributed by atoms with Crippen molar-refractivity contribution in [1.29, 1.82) is 0 Å². The van der Waals surface area contributed by atoms with Gasteiger partial charge in [-0.3, -0.25) is 4.79 Å². The smallest absolute Gasteiger partial charge is 0.257 e. The number of amides is 1. The van der Waals surface area contributed by atoms with Crippen molar-refractivity contribution in [3.63, 3.8) is 0 Å². The molecular formula is C16H18ClF2NO3. The fourth-order valence-corrected chi connectivity index (χ4v) is 3.55. The zero-order chi connectivity index (χ0) is 16.6. The number of hydrogen-bond donors (Lipinski definition) is 0. The summed E-state index contributed by atoms with van der Waals surface area (Å²) in [5, 5.41) is -0.654. The third-order valence-electron chi connectivity index (χ3n) is 4.63. The van der Waals surface area contributed by atoms with Gasteiger partial charge in [-0.25, -0.2) is 8.78 Å². The second kappa shape index (κ2) is 6.71. The largest absolute Gasteiger partial charge is 0.381 e. The number of fused-ring (bicyclic) bond motifs is 1. The highest BCUT2D eigenvalue weighted by atomic mass is 35.5. The molecule has 1 saturated carbocycles. The van der Waals surface area contributed by atoms with Gasteiger partial charge in [0.15, 0.2) is 5.82 Å². The van der Waals surface area contributed by atoms with Crippen LogP contribution in [0.1, 0.15) is 29.6 Å². The standard InChI is InChI=1S/C16H18ClF2NO3/c1-22-9-2-5-13-12(8-9)20(6-7-23-13)16(21)10-3-4-11(18)14(17)15(10)19/h3-4,9,12-13H,2,5-8H2,1H3/t9-,12-,13-/m1/s1. The van der Waals surface area contributed by atoms with Crippen LogP contribution in [-0.4, -0.2) is 49.3 Å². The Bertz CT molecular complexity index is 613. The Hall–Kier alpha value is -1.24. The minimum absolute atomic E-state index is 0.0508. The van der Waals surface area contributed by atoms with Crippen LogP contribution >= 0.6 is 11.6 Å². The Morgan fingerprint density at radius 3 is 2.91 bits per heavy atom. The van der Waals surface area contributed by atoms with Crippen LogP contribution in [0.15, 0.2) is 12.1 Å². The highest BCUT2D eigenvalue weighted by Crippen LogP contribution is 2.32. The number of hydrogen-bond acceptors (Lipinski definition) is 3. The normalized spacial score (nSPS) is 27.7. The number of carbonyl (C=O) groups is 1. The number of rotatable bonds is 2. The molecule has 4 nitrogen and oxygen atoms in total. The maximum Gasteiger partial charge on any atom is 0.257 e. The minimum Gasteiger partial charge on any atom is -0.381 e. The van der Waals surface area contributed by atoms with Crippen molar-refractivity contribution < 1.29 is 23.0 Å². The van der Waals surface area contributed by atoms with E-state index < -0.39 is 22.6 Å². The highest BCUT2D eigenvalue weighted by Gasteiger charge is 2.40. The third kappa shape index (κ3) is 3.07. The van der Waals surface area contributed by atoms with E-state index in [0.29, 0.717) is 19.6 Å². The summed E-state index contributed by atoms with van der Waals surface area (Å²) in [4.78, 5) is 14.3. The van der Waals surface area contributed by atoms with Crippen molar-refractivity contribution in [3.8, 4) is 0 Å². The first-order chi connectivity index (χ1) is 11.0. The summed E-state index contributed by atoms with van der Waals surface area (Å²) >= 11 is 5.58. The number of halogens is 3. The van der Waals surface area contributed by atoms with Gasteiger partial charge in [0.1, 0.15) is 10.8 Å². The van der Waals surface area contributed by atoms with Gasteiger partial charge in [0.25, 0.3) is 5.91 Å². The zero-order valence-corrected chi connectivity index (χ0v) is 13.5. The Morgan fingerprint density at radius 2 is 2.17 bits per heavy atom. The minimum atomic E-state index is -1.01. The van der Waals surface area contributed by atoms with E-state index in [-0.39, 0.29) is 23.8 Å². The van der Waals surface area contributed by atoms with Crippen molar-refractivity contribution in [3.05, 3.63) is 34.4 Å². The average Bonchev–Trinajstić information content (AvgIpc) is 2.58. The molecule has 2 fully saturated rings. The Labute approximate surface area is 138 Å². The number of nitrogens with zero attached hydrogens (tertiary/aromatic N) is 1. The lowest BCUT2D eigenvalue weighted by Gasteiger charge is -2.45. The van der Waals surface area contributed by atoms with Gasteiger partial charge in [0.05, 0.1) is 30.4 Å². The van der Waals surface area contributed by atoms with Crippen LogP contribution in [0, 0.1) is 11.6 Å². The molecular weight excluding hydrogens is 328 g/mol. The lowest BCUT2D eigenvalue weighted by Crippen LogP contribution is -2.57. The number of methoxy groups -OCH3 is 1. The van der Waals surface area contributed by atoms with Gasteiger partial charge in [-0.05, 0) is 31.4 Å². The van der Waals surface area contributed by atoms with E-state index in [1.165, 1.54) is 0 Å². The molecule has 0 spiro atoms. The molecule has 0 N–H and O–H groups in total. The second-order valence-electron chi connectivity index (χ2n) is 5.87. The fourth-order valence-electron chi connectivity index (χ4n) is 3.38. The third-order valence-corrected chi connectivity index (χ3v) is 4.98. The molecule has 0 radical (unpaired) electrons. The van der Waals surface area contributed by atoms with E-state index in [1.807, 2.05) is 0 Å². The Balaban J connectivity index is 1.87.